The van der Waals surface area contributed by atoms with Gasteiger partial charge in [-0.05, 0) is 48.4 Å². The van der Waals surface area contributed by atoms with Gasteiger partial charge in [-0.25, -0.2) is 13.1 Å². The molecule has 2 N–H and O–H groups in total. The van der Waals surface area contributed by atoms with Crippen LogP contribution in [-0.4, -0.2) is 20.1 Å². The molecule has 1 unspecified atom stereocenters. The number of hydrogen-bond acceptors (Lipinski definition) is 3. The highest BCUT2D eigenvalue weighted by molar-refractivity contribution is 7.89. The zero-order valence-corrected chi connectivity index (χ0v) is 13.7. The fourth-order valence-corrected chi connectivity index (χ4v) is 3.31. The summed E-state index contributed by atoms with van der Waals surface area (Å²) in [6.07, 6.45) is 0. The van der Waals surface area contributed by atoms with E-state index in [-0.39, 0.29) is 17.4 Å². The number of hydrogen-bond donors (Lipinski definition) is 2. The highest BCUT2D eigenvalue weighted by Crippen LogP contribution is 2.21. The van der Waals surface area contributed by atoms with Crippen LogP contribution in [0.15, 0.2) is 17.0 Å². The molecule has 1 rings (SSSR count). The fourth-order valence-electron chi connectivity index (χ4n) is 1.89. The fraction of sp³-hybridized carbons (Fsp3) is 0.600. The summed E-state index contributed by atoms with van der Waals surface area (Å²) in [5, 5.41) is 9.28. The van der Waals surface area contributed by atoms with Crippen LogP contribution in [0, 0.1) is 25.7 Å². The molecule has 0 bridgehead atoms. The molecule has 0 aliphatic heterocycles. The van der Waals surface area contributed by atoms with E-state index in [0.717, 1.165) is 5.56 Å². The van der Waals surface area contributed by atoms with Crippen molar-refractivity contribution in [1.82, 2.24) is 4.72 Å². The average molecular weight is 299 g/mol. The average Bonchev–Trinajstić information content (AvgIpc) is 2.35. The van der Waals surface area contributed by atoms with Crippen LogP contribution in [0.4, 0.5) is 0 Å². The molecule has 0 aliphatic carbocycles. The van der Waals surface area contributed by atoms with Gasteiger partial charge in [0.1, 0.15) is 0 Å². The van der Waals surface area contributed by atoms with E-state index in [1.807, 2.05) is 13.8 Å². The maximum absolute atomic E-state index is 12.4. The molecule has 0 amide bonds. The van der Waals surface area contributed by atoms with Gasteiger partial charge in [0.05, 0.1) is 11.5 Å². The van der Waals surface area contributed by atoms with Crippen molar-refractivity contribution in [2.75, 3.05) is 6.54 Å². The molecule has 1 atom stereocenters. The number of nitrogens with one attached hydrogen (secondary N) is 1. The molecule has 0 saturated heterocycles. The van der Waals surface area contributed by atoms with Gasteiger partial charge in [-0.1, -0.05) is 26.8 Å². The van der Waals surface area contributed by atoms with Crippen molar-refractivity contribution < 1.29 is 13.5 Å². The van der Waals surface area contributed by atoms with E-state index < -0.39 is 10.0 Å². The second-order valence-corrected chi connectivity index (χ2v) is 7.51. The van der Waals surface area contributed by atoms with Crippen molar-refractivity contribution in [3.8, 4) is 0 Å². The number of aryl methyl sites for hydroxylation is 2. The zero-order chi connectivity index (χ0) is 15.5. The van der Waals surface area contributed by atoms with E-state index in [1.54, 1.807) is 19.1 Å². The van der Waals surface area contributed by atoms with Gasteiger partial charge in [-0.15, -0.1) is 0 Å². The molecular formula is C15H25NO3S. The quantitative estimate of drug-likeness (QED) is 0.847. The van der Waals surface area contributed by atoms with Crippen LogP contribution in [0.2, 0.25) is 0 Å². The third-order valence-electron chi connectivity index (χ3n) is 3.83. The highest BCUT2D eigenvalue weighted by atomic mass is 32.2. The Kier molecular flexibility index (Phi) is 5.74. The Morgan fingerprint density at radius 2 is 1.75 bits per heavy atom. The maximum Gasteiger partial charge on any atom is 0.240 e. The largest absolute Gasteiger partial charge is 0.392 e. The summed E-state index contributed by atoms with van der Waals surface area (Å²) in [5.41, 5.74) is 2.25. The van der Waals surface area contributed by atoms with E-state index in [1.165, 1.54) is 0 Å². The van der Waals surface area contributed by atoms with Gasteiger partial charge in [0.15, 0.2) is 0 Å². The molecule has 0 aliphatic rings. The van der Waals surface area contributed by atoms with E-state index in [4.69, 9.17) is 0 Å². The van der Waals surface area contributed by atoms with Gasteiger partial charge in [0, 0.05) is 6.54 Å². The minimum absolute atomic E-state index is 0.156. The standard InChI is InChI=1S/C15H25NO3S/c1-10(2)13(5)8-16-20(18,19)15-7-14(9-17)11(3)6-12(15)4/h6-7,10,13,16-17H,8-9H2,1-5H3. The lowest BCUT2D eigenvalue weighted by atomic mass is 9.99. The van der Waals surface area contributed by atoms with Crippen molar-refractivity contribution in [2.45, 2.75) is 46.1 Å². The highest BCUT2D eigenvalue weighted by Gasteiger charge is 2.19. The number of benzene rings is 1. The van der Waals surface area contributed by atoms with Crippen molar-refractivity contribution in [3.63, 3.8) is 0 Å². The molecule has 4 nitrogen and oxygen atoms in total. The van der Waals surface area contributed by atoms with Crippen LogP contribution in [0.1, 0.15) is 37.5 Å². The topological polar surface area (TPSA) is 66.4 Å². The van der Waals surface area contributed by atoms with Crippen molar-refractivity contribution in [1.29, 1.82) is 0 Å². The molecule has 0 aromatic heterocycles. The molecule has 0 radical (unpaired) electrons. The second kappa shape index (κ2) is 6.70. The SMILES string of the molecule is Cc1cc(C)c(S(=O)(=O)NCC(C)C(C)C)cc1CO. The van der Waals surface area contributed by atoms with Crippen LogP contribution in [-0.2, 0) is 16.6 Å². The van der Waals surface area contributed by atoms with Gasteiger partial charge < -0.3 is 5.11 Å². The lowest BCUT2D eigenvalue weighted by Gasteiger charge is -2.17. The summed E-state index contributed by atoms with van der Waals surface area (Å²) in [6, 6.07) is 3.36. The molecule has 20 heavy (non-hydrogen) atoms. The van der Waals surface area contributed by atoms with E-state index in [0.29, 0.717) is 23.6 Å². The second-order valence-electron chi connectivity index (χ2n) is 5.78. The summed E-state index contributed by atoms with van der Waals surface area (Å²) < 4.78 is 27.4. The molecule has 1 aromatic carbocycles. The monoisotopic (exact) mass is 299 g/mol. The number of aliphatic hydroxyl groups excluding tert-OH is 1. The molecule has 0 heterocycles. The number of aliphatic hydroxyl groups is 1. The van der Waals surface area contributed by atoms with Crippen LogP contribution in [0.5, 0.6) is 0 Å². The number of rotatable bonds is 6. The summed E-state index contributed by atoms with van der Waals surface area (Å²) >= 11 is 0. The predicted molar refractivity (Wildman–Crippen MR) is 81.0 cm³/mol. The first-order chi connectivity index (χ1) is 9.19. The lowest BCUT2D eigenvalue weighted by molar-refractivity contribution is 0.280. The maximum atomic E-state index is 12.4. The molecule has 0 saturated carbocycles. The normalized spacial score (nSPS) is 13.8. The van der Waals surface area contributed by atoms with Gasteiger partial charge >= 0.3 is 0 Å². The summed E-state index contributed by atoms with van der Waals surface area (Å²) in [7, 11) is -3.53. The summed E-state index contributed by atoms with van der Waals surface area (Å²) in [5.74, 6) is 0.692. The molecule has 0 fully saturated rings. The van der Waals surface area contributed by atoms with E-state index in [9.17, 15) is 13.5 Å². The molecule has 1 aromatic rings. The Hall–Kier alpha value is -0.910. The third-order valence-corrected chi connectivity index (χ3v) is 5.39. The van der Waals surface area contributed by atoms with Gasteiger partial charge in [-0.3, -0.25) is 0 Å². The predicted octanol–water partition coefficient (Wildman–Crippen LogP) is 2.37. The zero-order valence-electron chi connectivity index (χ0n) is 12.9. The first-order valence-corrected chi connectivity index (χ1v) is 8.38. The number of sulfonamides is 1. The third kappa shape index (κ3) is 4.04. The minimum atomic E-state index is -3.53. The first-order valence-electron chi connectivity index (χ1n) is 6.89. The van der Waals surface area contributed by atoms with E-state index in [2.05, 4.69) is 18.6 Å². The van der Waals surface area contributed by atoms with Crippen molar-refractivity contribution in [2.24, 2.45) is 11.8 Å². The van der Waals surface area contributed by atoms with Crippen molar-refractivity contribution >= 4 is 10.0 Å². The Morgan fingerprint density at radius 3 is 2.25 bits per heavy atom. The van der Waals surface area contributed by atoms with Crippen LogP contribution in [0.25, 0.3) is 0 Å². The molecule has 5 heteroatoms. The Balaban J connectivity index is 3.04. The Morgan fingerprint density at radius 1 is 1.15 bits per heavy atom. The van der Waals surface area contributed by atoms with E-state index >= 15 is 0 Å². The smallest absolute Gasteiger partial charge is 0.240 e. The Labute approximate surface area is 122 Å². The molecule has 114 valence electrons. The van der Waals surface area contributed by atoms with Crippen molar-refractivity contribution in [3.05, 3.63) is 28.8 Å². The minimum Gasteiger partial charge on any atom is -0.392 e. The summed E-state index contributed by atoms with van der Waals surface area (Å²) in [4.78, 5) is 0.253. The summed E-state index contributed by atoms with van der Waals surface area (Å²) in [6.45, 7) is 10.1. The van der Waals surface area contributed by atoms with Gasteiger partial charge in [0.25, 0.3) is 0 Å². The van der Waals surface area contributed by atoms with Crippen LogP contribution in [0.3, 0.4) is 0 Å². The lowest BCUT2D eigenvalue weighted by Crippen LogP contribution is -2.30. The van der Waals surface area contributed by atoms with Gasteiger partial charge in [0.2, 0.25) is 10.0 Å². The first kappa shape index (κ1) is 17.1. The van der Waals surface area contributed by atoms with Crippen LogP contribution < -0.4 is 4.72 Å². The Bertz CT molecular complexity index is 565. The molecular weight excluding hydrogens is 274 g/mol. The van der Waals surface area contributed by atoms with Crippen LogP contribution >= 0.6 is 0 Å². The molecule has 0 spiro atoms. The van der Waals surface area contributed by atoms with Gasteiger partial charge in [-0.2, -0.15) is 0 Å².